The lowest BCUT2D eigenvalue weighted by molar-refractivity contribution is -0.117. The predicted octanol–water partition coefficient (Wildman–Crippen LogP) is 1.66. The van der Waals surface area contributed by atoms with Crippen molar-refractivity contribution in [3.63, 3.8) is 0 Å². The van der Waals surface area contributed by atoms with Gasteiger partial charge in [-0.15, -0.1) is 0 Å². The van der Waals surface area contributed by atoms with Gasteiger partial charge in [-0.1, -0.05) is 0 Å². The van der Waals surface area contributed by atoms with E-state index in [-0.39, 0.29) is 27.9 Å². The maximum atomic E-state index is 12.8. The van der Waals surface area contributed by atoms with Crippen LogP contribution in [-0.2, 0) is 24.8 Å². The van der Waals surface area contributed by atoms with Crippen molar-refractivity contribution < 1.29 is 26.4 Å². The average Bonchev–Trinajstić information content (AvgIpc) is 2.59. The minimum atomic E-state index is -4.00. The molecule has 1 amide bonds. The first-order valence-corrected chi connectivity index (χ1v) is 11.6. The van der Waals surface area contributed by atoms with E-state index in [9.17, 15) is 21.6 Å². The van der Waals surface area contributed by atoms with Gasteiger partial charge in [0.15, 0.2) is 0 Å². The average molecular weight is 440 g/mol. The Bertz CT molecular complexity index is 1170. The lowest BCUT2D eigenvalue weighted by atomic mass is 10.1. The fraction of sp³-hybridized carbons (Fsp3) is 0.278. The van der Waals surface area contributed by atoms with Crippen LogP contribution in [0.3, 0.4) is 0 Å². The molecule has 156 valence electrons. The zero-order valence-electron chi connectivity index (χ0n) is 16.0. The summed E-state index contributed by atoms with van der Waals surface area (Å²) in [5, 5.41) is 5.04. The number of anilines is 2. The van der Waals surface area contributed by atoms with E-state index >= 15 is 0 Å². The highest BCUT2D eigenvalue weighted by Gasteiger charge is 2.34. The third-order valence-electron chi connectivity index (χ3n) is 4.27. The summed E-state index contributed by atoms with van der Waals surface area (Å²) in [6.45, 7) is 5.35. The van der Waals surface area contributed by atoms with Gasteiger partial charge in [0.2, 0.25) is 15.9 Å². The number of hydrogen-bond acceptors (Lipinski definition) is 6. The molecule has 2 aromatic carbocycles. The first kappa shape index (κ1) is 21.1. The van der Waals surface area contributed by atoms with Crippen molar-refractivity contribution in [1.29, 1.82) is 0 Å². The van der Waals surface area contributed by atoms with Crippen molar-refractivity contribution in [2.75, 3.05) is 16.2 Å². The fourth-order valence-corrected chi connectivity index (χ4v) is 4.56. The van der Waals surface area contributed by atoms with Gasteiger partial charge >= 0.3 is 0 Å². The van der Waals surface area contributed by atoms with Gasteiger partial charge in [0.25, 0.3) is 10.0 Å². The summed E-state index contributed by atoms with van der Waals surface area (Å²) in [4.78, 5) is 13.3. The third kappa shape index (κ3) is 4.52. The summed E-state index contributed by atoms with van der Waals surface area (Å²) in [6.07, 6.45) is 0. The number of nitrogens with two attached hydrogens (primary N) is 1. The normalized spacial score (nSPS) is 15.9. The molecular formula is C18H21N3O6S2. The Kier molecular flexibility index (Phi) is 5.10. The molecule has 0 aliphatic carbocycles. The Morgan fingerprint density at radius 2 is 1.66 bits per heavy atom. The molecule has 1 heterocycles. The second kappa shape index (κ2) is 7.01. The van der Waals surface area contributed by atoms with Crippen LogP contribution in [0.1, 0.15) is 20.8 Å². The van der Waals surface area contributed by atoms with Crippen LogP contribution in [-0.4, -0.2) is 34.9 Å². The fourth-order valence-electron chi connectivity index (χ4n) is 2.97. The van der Waals surface area contributed by atoms with E-state index in [4.69, 9.17) is 9.88 Å². The van der Waals surface area contributed by atoms with Gasteiger partial charge in [0, 0.05) is 12.6 Å². The molecule has 0 atom stereocenters. The van der Waals surface area contributed by atoms with Gasteiger partial charge in [-0.25, -0.2) is 22.0 Å². The maximum absolute atomic E-state index is 12.8. The summed E-state index contributed by atoms with van der Waals surface area (Å²) >= 11 is 0. The molecular weight excluding hydrogens is 418 g/mol. The molecule has 0 fully saturated rings. The smallest absolute Gasteiger partial charge is 0.261 e. The zero-order valence-corrected chi connectivity index (χ0v) is 17.7. The largest absolute Gasteiger partial charge is 0.484 e. The van der Waals surface area contributed by atoms with Crippen molar-refractivity contribution in [3.05, 3.63) is 42.5 Å². The minimum Gasteiger partial charge on any atom is -0.484 e. The van der Waals surface area contributed by atoms with Crippen LogP contribution >= 0.6 is 0 Å². The number of nitrogens with zero attached hydrogens (tertiary/aromatic N) is 1. The van der Waals surface area contributed by atoms with E-state index in [2.05, 4.69) is 4.72 Å². The van der Waals surface area contributed by atoms with E-state index in [1.807, 2.05) is 13.8 Å². The molecule has 0 spiro atoms. The second-order valence-electron chi connectivity index (χ2n) is 7.27. The SMILES string of the molecule is CC(=O)N1CC(C)(C)Oc2ccc(S(=O)(=O)Nc3ccc(S(N)(=O)=O)cc3)cc21. The van der Waals surface area contributed by atoms with Crippen LogP contribution in [0.25, 0.3) is 0 Å². The van der Waals surface area contributed by atoms with Crippen molar-refractivity contribution in [3.8, 4) is 5.75 Å². The Morgan fingerprint density at radius 1 is 1.07 bits per heavy atom. The van der Waals surface area contributed by atoms with Crippen LogP contribution < -0.4 is 19.5 Å². The van der Waals surface area contributed by atoms with Crippen LogP contribution in [0.4, 0.5) is 11.4 Å². The van der Waals surface area contributed by atoms with Gasteiger partial charge in [-0.2, -0.15) is 0 Å². The summed E-state index contributed by atoms with van der Waals surface area (Å²) in [5.41, 5.74) is -0.0808. The number of hydrogen-bond donors (Lipinski definition) is 2. The summed E-state index contributed by atoms with van der Waals surface area (Å²) in [6, 6.07) is 9.24. The molecule has 29 heavy (non-hydrogen) atoms. The number of nitrogens with one attached hydrogen (secondary N) is 1. The number of carbonyl (C=O) groups is 1. The van der Waals surface area contributed by atoms with Crippen molar-refractivity contribution in [2.45, 2.75) is 36.2 Å². The van der Waals surface area contributed by atoms with Gasteiger partial charge in [-0.05, 0) is 56.3 Å². The Labute approximate surface area is 169 Å². The number of primary sulfonamides is 1. The number of carbonyl (C=O) groups excluding carboxylic acids is 1. The van der Waals surface area contributed by atoms with E-state index in [1.165, 1.54) is 54.3 Å². The van der Waals surface area contributed by atoms with Gasteiger partial charge in [0.1, 0.15) is 11.4 Å². The molecule has 0 unspecified atom stereocenters. The molecule has 0 saturated carbocycles. The molecule has 3 rings (SSSR count). The van der Waals surface area contributed by atoms with Crippen LogP contribution in [0, 0.1) is 0 Å². The van der Waals surface area contributed by atoms with Gasteiger partial charge in [0.05, 0.1) is 22.0 Å². The number of ether oxygens (including phenoxy) is 1. The van der Waals surface area contributed by atoms with E-state index in [1.54, 1.807) is 0 Å². The Hall–Kier alpha value is -2.63. The first-order chi connectivity index (χ1) is 13.3. The van der Waals surface area contributed by atoms with Gasteiger partial charge < -0.3 is 9.64 Å². The number of benzene rings is 2. The molecule has 9 nitrogen and oxygen atoms in total. The molecule has 0 saturated heterocycles. The van der Waals surface area contributed by atoms with E-state index in [0.29, 0.717) is 11.4 Å². The van der Waals surface area contributed by atoms with Crippen molar-refractivity contribution in [1.82, 2.24) is 0 Å². The topological polar surface area (TPSA) is 136 Å². The molecule has 0 radical (unpaired) electrons. The lowest BCUT2D eigenvalue weighted by Crippen LogP contribution is -2.48. The third-order valence-corrected chi connectivity index (χ3v) is 6.58. The zero-order chi connectivity index (χ0) is 21.6. The number of fused-ring (bicyclic) bond motifs is 1. The molecule has 0 bridgehead atoms. The van der Waals surface area contributed by atoms with E-state index in [0.717, 1.165) is 0 Å². The second-order valence-corrected chi connectivity index (χ2v) is 10.5. The minimum absolute atomic E-state index is 0.0682. The summed E-state index contributed by atoms with van der Waals surface area (Å²) in [5.74, 6) is 0.177. The Balaban J connectivity index is 1.94. The van der Waals surface area contributed by atoms with E-state index < -0.39 is 25.6 Å². The summed E-state index contributed by atoms with van der Waals surface area (Å²) < 4.78 is 56.4. The van der Waals surface area contributed by atoms with Gasteiger partial charge in [-0.3, -0.25) is 9.52 Å². The summed E-state index contributed by atoms with van der Waals surface area (Å²) in [7, 11) is -7.88. The highest BCUT2D eigenvalue weighted by atomic mass is 32.2. The standard InChI is InChI=1S/C18H21N3O6S2/c1-12(22)21-11-18(2,3)27-17-9-8-15(10-16(17)21)29(25,26)20-13-4-6-14(7-5-13)28(19,23)24/h4-10,20H,11H2,1-3H3,(H2,19,23,24). The Morgan fingerprint density at radius 3 is 2.21 bits per heavy atom. The highest BCUT2D eigenvalue weighted by Crippen LogP contribution is 2.38. The monoisotopic (exact) mass is 439 g/mol. The maximum Gasteiger partial charge on any atom is 0.261 e. The number of amides is 1. The molecule has 3 N–H and O–H groups in total. The van der Waals surface area contributed by atoms with Crippen molar-refractivity contribution >= 4 is 37.3 Å². The van der Waals surface area contributed by atoms with Crippen LogP contribution in [0.5, 0.6) is 5.75 Å². The quantitative estimate of drug-likeness (QED) is 0.744. The molecule has 1 aliphatic rings. The van der Waals surface area contributed by atoms with Crippen LogP contribution in [0.15, 0.2) is 52.3 Å². The number of sulfonamides is 2. The molecule has 1 aliphatic heterocycles. The van der Waals surface area contributed by atoms with Crippen molar-refractivity contribution in [2.24, 2.45) is 5.14 Å². The highest BCUT2D eigenvalue weighted by molar-refractivity contribution is 7.92. The molecule has 0 aromatic heterocycles. The first-order valence-electron chi connectivity index (χ1n) is 8.55. The predicted molar refractivity (Wildman–Crippen MR) is 108 cm³/mol. The lowest BCUT2D eigenvalue weighted by Gasteiger charge is -2.39. The molecule has 11 heteroatoms. The number of rotatable bonds is 4. The molecule has 2 aromatic rings. The van der Waals surface area contributed by atoms with Crippen LogP contribution in [0.2, 0.25) is 0 Å².